The highest BCUT2D eigenvalue weighted by Crippen LogP contribution is 2.74. The normalized spacial score (nSPS) is 44.8. The highest BCUT2D eigenvalue weighted by molar-refractivity contribution is 6.01. The number of Topliss-reactive ketones (excluding diaryl/α,β-unsaturated/α-hetero) is 1. The van der Waals surface area contributed by atoms with Crippen molar-refractivity contribution in [2.45, 2.75) is 64.1 Å². The number of hydrogen-bond donors (Lipinski definition) is 3. The second kappa shape index (κ2) is 8.87. The number of benzene rings is 1. The van der Waals surface area contributed by atoms with Crippen LogP contribution in [0.25, 0.3) is 0 Å². The molecule has 0 aromatic heterocycles. The number of nitrogens with two attached hydrogens (primary N) is 1. The molecule has 1 unspecified atom stereocenters. The minimum Gasteiger partial charge on any atom is -0.390 e. The van der Waals surface area contributed by atoms with E-state index in [1.807, 2.05) is 31.2 Å². The Kier molecular flexibility index (Phi) is 6.13. The molecule has 5 aliphatic rings. The highest BCUT2D eigenvalue weighted by Gasteiger charge is 2.78. The van der Waals surface area contributed by atoms with Gasteiger partial charge in [-0.2, -0.15) is 0 Å². The zero-order valence-corrected chi connectivity index (χ0v) is 22.6. The lowest BCUT2D eigenvalue weighted by Gasteiger charge is -2.63. The number of aliphatic hydroxyl groups excluding tert-OH is 2. The van der Waals surface area contributed by atoms with E-state index in [2.05, 4.69) is 4.90 Å². The van der Waals surface area contributed by atoms with Crippen LogP contribution in [0.2, 0.25) is 0 Å². The van der Waals surface area contributed by atoms with E-state index in [0.29, 0.717) is 32.6 Å². The van der Waals surface area contributed by atoms with E-state index >= 15 is 8.78 Å². The first-order valence-electron chi connectivity index (χ1n) is 14.1. The molecule has 0 amide bonds. The molecule has 6 rings (SSSR count). The number of carbonyl (C=O) groups excluding carboxylic acids is 2. The first kappa shape index (κ1) is 26.9. The average Bonchev–Trinajstić information content (AvgIpc) is 3.39. The number of ketones is 2. The van der Waals surface area contributed by atoms with Crippen molar-refractivity contribution in [1.82, 2.24) is 4.90 Å². The number of nitrogens with zero attached hydrogens (tertiary/aromatic N) is 1. The lowest BCUT2D eigenvalue weighted by atomic mass is 9.43. The van der Waals surface area contributed by atoms with E-state index in [1.165, 1.54) is 18.2 Å². The monoisotopic (exact) mass is 540 g/mol. The van der Waals surface area contributed by atoms with Crippen LogP contribution in [0.15, 0.2) is 48.1 Å². The maximum atomic E-state index is 17.5. The van der Waals surface area contributed by atoms with Crippen LogP contribution in [-0.4, -0.2) is 64.3 Å². The van der Waals surface area contributed by atoms with Gasteiger partial charge in [-0.05, 0) is 72.3 Å². The fourth-order valence-corrected chi connectivity index (χ4v) is 9.68. The zero-order valence-electron chi connectivity index (χ0n) is 22.6. The van der Waals surface area contributed by atoms with Crippen LogP contribution in [0.5, 0.6) is 0 Å². The number of rotatable bonds is 5. The Bertz CT molecular complexity index is 1270. The third-order valence-electron chi connectivity index (χ3n) is 11.5. The van der Waals surface area contributed by atoms with Gasteiger partial charge in [0.15, 0.2) is 17.2 Å². The SMILES string of the molecule is C[C@]12C=CC(=O)C=C1[C@@H](F)C[C@H]1C3C[C@H]4CN(Cc5ccc(CN)cc5)C[C@@]4(C(=O)CO)[C@@]3(C)C[C@H](O)[C@@]12F. The molecule has 6 nitrogen and oxygen atoms in total. The van der Waals surface area contributed by atoms with Crippen molar-refractivity contribution in [3.63, 3.8) is 0 Å². The predicted octanol–water partition coefficient (Wildman–Crippen LogP) is 3.05. The molecule has 3 saturated carbocycles. The molecule has 39 heavy (non-hydrogen) atoms. The molecule has 9 atom stereocenters. The number of carbonyl (C=O) groups is 2. The van der Waals surface area contributed by atoms with Crippen molar-refractivity contribution in [1.29, 1.82) is 0 Å². The summed E-state index contributed by atoms with van der Waals surface area (Å²) in [5.41, 5.74) is 2.55. The van der Waals surface area contributed by atoms with Gasteiger partial charge in [0, 0.05) is 37.5 Å². The summed E-state index contributed by atoms with van der Waals surface area (Å²) in [4.78, 5) is 28.0. The number of halogens is 2. The van der Waals surface area contributed by atoms with E-state index in [1.54, 1.807) is 6.92 Å². The lowest BCUT2D eigenvalue weighted by molar-refractivity contribution is -0.212. The Morgan fingerprint density at radius 2 is 1.85 bits per heavy atom. The summed E-state index contributed by atoms with van der Waals surface area (Å²) in [6.45, 7) is 5.01. The van der Waals surface area contributed by atoms with E-state index in [-0.39, 0.29) is 41.8 Å². The molecular formula is C31H38F2N2O4. The summed E-state index contributed by atoms with van der Waals surface area (Å²) >= 11 is 0. The molecule has 1 aliphatic heterocycles. The van der Waals surface area contributed by atoms with Gasteiger partial charge in [-0.3, -0.25) is 14.5 Å². The number of hydrogen-bond acceptors (Lipinski definition) is 6. The maximum Gasteiger partial charge on any atom is 0.178 e. The van der Waals surface area contributed by atoms with E-state index in [9.17, 15) is 19.8 Å². The standard InChI is InChI=1S/C31H38F2N2O4/c1-28-8-7-21(37)10-24(28)25(32)11-23-22-9-20-15-35(14-19-5-3-18(13-34)4-6-19)17-30(20,27(39)16-36)29(22,2)12-26(38)31(23,28)33/h3-8,10,20,22-23,25-26,36,38H,9,11-17,34H2,1-2H3/t20-,22?,23-,25-,26-,28-,29-,30+,31-/m0/s1. The smallest absolute Gasteiger partial charge is 0.178 e. The molecule has 4 fully saturated rings. The van der Waals surface area contributed by atoms with Crippen LogP contribution < -0.4 is 5.73 Å². The van der Waals surface area contributed by atoms with Crippen molar-refractivity contribution >= 4 is 11.6 Å². The number of likely N-dealkylation sites (tertiary alicyclic amines) is 1. The molecule has 0 spiro atoms. The van der Waals surface area contributed by atoms with E-state index in [4.69, 9.17) is 5.73 Å². The van der Waals surface area contributed by atoms with Gasteiger partial charge in [-0.1, -0.05) is 37.3 Å². The van der Waals surface area contributed by atoms with Crippen LogP contribution in [0.1, 0.15) is 44.2 Å². The molecule has 4 aliphatic carbocycles. The Morgan fingerprint density at radius 1 is 1.15 bits per heavy atom. The predicted molar refractivity (Wildman–Crippen MR) is 142 cm³/mol. The molecule has 0 radical (unpaired) electrons. The molecule has 0 bridgehead atoms. The fraction of sp³-hybridized carbons (Fsp3) is 0.613. The summed E-state index contributed by atoms with van der Waals surface area (Å²) in [6.07, 6.45) is 1.37. The summed E-state index contributed by atoms with van der Waals surface area (Å²) in [6, 6.07) is 8.04. The zero-order chi connectivity index (χ0) is 28.0. The molecule has 1 heterocycles. The van der Waals surface area contributed by atoms with E-state index in [0.717, 1.165) is 11.1 Å². The highest BCUT2D eigenvalue weighted by atomic mass is 19.1. The summed E-state index contributed by atoms with van der Waals surface area (Å²) in [5, 5.41) is 21.8. The third kappa shape index (κ3) is 3.38. The molecule has 1 saturated heterocycles. The van der Waals surface area contributed by atoms with Crippen LogP contribution in [-0.2, 0) is 22.7 Å². The quantitative estimate of drug-likeness (QED) is 0.531. The third-order valence-corrected chi connectivity index (χ3v) is 11.5. The first-order valence-corrected chi connectivity index (χ1v) is 14.1. The first-order chi connectivity index (χ1) is 18.4. The molecule has 8 heteroatoms. The number of fused-ring (bicyclic) bond motifs is 7. The van der Waals surface area contributed by atoms with Crippen molar-refractivity contribution in [2.24, 2.45) is 39.7 Å². The van der Waals surface area contributed by atoms with Crippen LogP contribution in [0.4, 0.5) is 8.78 Å². The minimum absolute atomic E-state index is 0.0353. The van der Waals surface area contributed by atoms with Crippen LogP contribution in [0.3, 0.4) is 0 Å². The van der Waals surface area contributed by atoms with Gasteiger partial charge < -0.3 is 15.9 Å². The van der Waals surface area contributed by atoms with Gasteiger partial charge in [0.05, 0.1) is 11.5 Å². The van der Waals surface area contributed by atoms with E-state index < -0.39 is 46.7 Å². The van der Waals surface area contributed by atoms with Crippen LogP contribution in [0, 0.1) is 34.0 Å². The summed E-state index contributed by atoms with van der Waals surface area (Å²) < 4.78 is 33.2. The Balaban J connectivity index is 1.37. The molecular weight excluding hydrogens is 502 g/mol. The van der Waals surface area contributed by atoms with Gasteiger partial charge in [0.1, 0.15) is 12.8 Å². The van der Waals surface area contributed by atoms with Crippen LogP contribution >= 0.6 is 0 Å². The number of allylic oxidation sites excluding steroid dienone is 4. The second-order valence-electron chi connectivity index (χ2n) is 13.0. The average molecular weight is 541 g/mol. The summed E-state index contributed by atoms with van der Waals surface area (Å²) in [7, 11) is 0. The summed E-state index contributed by atoms with van der Waals surface area (Å²) in [5.74, 6) is -1.97. The van der Waals surface area contributed by atoms with Crippen molar-refractivity contribution in [2.75, 3.05) is 19.7 Å². The van der Waals surface area contributed by atoms with Crippen molar-refractivity contribution < 1.29 is 28.6 Å². The van der Waals surface area contributed by atoms with Crippen molar-refractivity contribution in [3.05, 3.63) is 59.2 Å². The lowest BCUT2D eigenvalue weighted by Crippen LogP contribution is -2.69. The molecule has 210 valence electrons. The molecule has 1 aromatic rings. The van der Waals surface area contributed by atoms with Gasteiger partial charge in [-0.15, -0.1) is 0 Å². The maximum absolute atomic E-state index is 17.5. The topological polar surface area (TPSA) is 104 Å². The number of alkyl halides is 2. The van der Waals surface area contributed by atoms with Gasteiger partial charge in [0.2, 0.25) is 0 Å². The van der Waals surface area contributed by atoms with Gasteiger partial charge >= 0.3 is 0 Å². The Labute approximate surface area is 227 Å². The van der Waals surface area contributed by atoms with Gasteiger partial charge in [0.25, 0.3) is 0 Å². The largest absolute Gasteiger partial charge is 0.390 e. The van der Waals surface area contributed by atoms with Gasteiger partial charge in [-0.25, -0.2) is 8.78 Å². The second-order valence-corrected chi connectivity index (χ2v) is 13.0. The Morgan fingerprint density at radius 3 is 2.51 bits per heavy atom. The number of aliphatic hydroxyl groups is 2. The minimum atomic E-state index is -2.17. The van der Waals surface area contributed by atoms with Crippen molar-refractivity contribution in [3.8, 4) is 0 Å². The molecule has 4 N–H and O–H groups in total. The fourth-order valence-electron chi connectivity index (χ4n) is 9.68. The molecule has 1 aromatic carbocycles. The Hall–Kier alpha value is -2.26.